The number of alkyl halides is 4. The smallest absolute Gasteiger partial charge is 0.281 e. The molecule has 0 aliphatic carbocycles. The van der Waals surface area contributed by atoms with Crippen molar-refractivity contribution in [2.45, 2.75) is 32.0 Å². The largest absolute Gasteiger partial charge is 0.368 e. The maximum absolute atomic E-state index is 13.6. The average Bonchev–Trinajstić information content (AvgIpc) is 3.32. The Hall–Kier alpha value is -4.41. The molecule has 2 aromatic heterocycles. The molecule has 0 amide bonds. The molecule has 0 radical (unpaired) electrons. The lowest BCUT2D eigenvalue weighted by Crippen LogP contribution is -2.31. The quantitative estimate of drug-likeness (QED) is 0.511. The zero-order valence-electron chi connectivity index (χ0n) is 17.3. The van der Waals surface area contributed by atoms with E-state index < -0.39 is 53.4 Å². The number of benzene rings is 1. The van der Waals surface area contributed by atoms with E-state index in [1.807, 2.05) is 0 Å². The number of hydrogen-bond donors (Lipinski definition) is 2. The zero-order valence-corrected chi connectivity index (χ0v) is 17.3. The van der Waals surface area contributed by atoms with Crippen LogP contribution in [-0.2, 0) is 0 Å². The number of azo groups is 1. The summed E-state index contributed by atoms with van der Waals surface area (Å²) in [5.74, 6) is -0.787. The van der Waals surface area contributed by atoms with Crippen molar-refractivity contribution in [3.05, 3.63) is 63.5 Å². The summed E-state index contributed by atoms with van der Waals surface area (Å²) in [5, 5.41) is 19.5. The third-order valence-electron chi connectivity index (χ3n) is 5.01. The van der Waals surface area contributed by atoms with Gasteiger partial charge in [0, 0.05) is 11.8 Å². The van der Waals surface area contributed by atoms with Crippen molar-refractivity contribution in [1.29, 1.82) is 5.26 Å². The molecule has 0 bridgehead atoms. The predicted octanol–water partition coefficient (Wildman–Crippen LogP) is 4.17. The average molecular weight is 473 g/mol. The molecule has 1 unspecified atom stereocenters. The van der Waals surface area contributed by atoms with Gasteiger partial charge < -0.3 is 11.1 Å². The van der Waals surface area contributed by atoms with Crippen molar-refractivity contribution < 1.29 is 17.6 Å². The number of nitrogens with two attached hydrogens (primary N) is 1. The third-order valence-corrected chi connectivity index (χ3v) is 5.01. The van der Waals surface area contributed by atoms with Crippen LogP contribution in [0.1, 0.15) is 54.6 Å². The van der Waals surface area contributed by atoms with Crippen molar-refractivity contribution in [1.82, 2.24) is 19.5 Å². The fourth-order valence-corrected chi connectivity index (χ4v) is 3.57. The van der Waals surface area contributed by atoms with E-state index in [2.05, 4.69) is 30.5 Å². The van der Waals surface area contributed by atoms with Crippen molar-refractivity contribution in [2.75, 3.05) is 11.1 Å². The van der Waals surface area contributed by atoms with Gasteiger partial charge in [-0.2, -0.15) is 20.5 Å². The molecule has 14 heteroatoms. The lowest BCUT2D eigenvalue weighted by Gasteiger charge is -2.22. The summed E-state index contributed by atoms with van der Waals surface area (Å²) in [6.07, 6.45) is -4.21. The molecule has 0 saturated heterocycles. The van der Waals surface area contributed by atoms with Gasteiger partial charge in [0.25, 0.3) is 18.4 Å². The molecule has 1 aliphatic heterocycles. The molecule has 3 heterocycles. The zero-order chi connectivity index (χ0) is 24.6. The van der Waals surface area contributed by atoms with E-state index in [9.17, 15) is 27.6 Å². The van der Waals surface area contributed by atoms with Gasteiger partial charge in [-0.1, -0.05) is 12.1 Å². The standard InChI is InChI=1S/C20H15F4N9O/c1-8(28-17-10(7-25)14(16(23)24)30-20(26)31-17)18-29-11-4-2-3-9(15(21)22)13(11)19(34)33(18)12-5-6-27-32-12/h2-6,8,12,15-16H,1H3,(H3,26,28,30,31)/t8-,12?/m0/s1. The van der Waals surface area contributed by atoms with Crippen LogP contribution < -0.4 is 16.6 Å². The first kappa shape index (κ1) is 22.8. The Bertz CT molecular complexity index is 1420. The Balaban J connectivity index is 1.91. The Labute approximate surface area is 188 Å². The molecule has 2 atom stereocenters. The third kappa shape index (κ3) is 3.91. The molecule has 0 saturated carbocycles. The van der Waals surface area contributed by atoms with Gasteiger partial charge in [-0.25, -0.2) is 27.5 Å². The van der Waals surface area contributed by atoms with Crippen molar-refractivity contribution in [2.24, 2.45) is 10.2 Å². The predicted molar refractivity (Wildman–Crippen MR) is 112 cm³/mol. The van der Waals surface area contributed by atoms with Crippen LogP contribution in [0.15, 0.2) is 45.5 Å². The number of nitrogen functional groups attached to an aromatic ring is 1. The van der Waals surface area contributed by atoms with Crippen molar-refractivity contribution >= 4 is 22.7 Å². The van der Waals surface area contributed by atoms with Crippen molar-refractivity contribution in [3.63, 3.8) is 0 Å². The Morgan fingerprint density at radius 2 is 1.94 bits per heavy atom. The number of rotatable bonds is 6. The number of halogens is 4. The van der Waals surface area contributed by atoms with Gasteiger partial charge in [0.05, 0.1) is 16.9 Å². The topological polar surface area (TPSA) is 147 Å². The van der Waals surface area contributed by atoms with E-state index in [0.717, 1.165) is 10.6 Å². The van der Waals surface area contributed by atoms with Crippen LogP contribution in [0.4, 0.5) is 29.3 Å². The first-order valence-electron chi connectivity index (χ1n) is 9.75. The van der Waals surface area contributed by atoms with Crippen LogP contribution in [0, 0.1) is 11.3 Å². The molecule has 1 aliphatic rings. The summed E-state index contributed by atoms with van der Waals surface area (Å²) in [6, 6.07) is 4.54. The highest BCUT2D eigenvalue weighted by atomic mass is 19.3. The lowest BCUT2D eigenvalue weighted by atomic mass is 10.1. The normalized spacial score (nSPS) is 15.9. The molecule has 174 valence electrons. The van der Waals surface area contributed by atoms with E-state index in [1.165, 1.54) is 31.3 Å². The number of nitrogens with one attached hydrogen (secondary N) is 1. The number of fused-ring (bicyclic) bond motifs is 1. The Kier molecular flexibility index (Phi) is 5.93. The second-order valence-electron chi connectivity index (χ2n) is 7.14. The molecule has 0 fully saturated rings. The fourth-order valence-electron chi connectivity index (χ4n) is 3.57. The van der Waals surface area contributed by atoms with Crippen LogP contribution in [0.5, 0.6) is 0 Å². The molecule has 0 spiro atoms. The van der Waals surface area contributed by atoms with E-state index >= 15 is 0 Å². The second kappa shape index (κ2) is 8.85. The van der Waals surface area contributed by atoms with Crippen LogP contribution in [0.2, 0.25) is 0 Å². The van der Waals surface area contributed by atoms with Gasteiger partial charge >= 0.3 is 0 Å². The molecular formula is C20H15F4N9O. The summed E-state index contributed by atoms with van der Waals surface area (Å²) in [7, 11) is 0. The molecule has 3 aromatic rings. The van der Waals surface area contributed by atoms with Crippen molar-refractivity contribution in [3.8, 4) is 6.07 Å². The molecule has 34 heavy (non-hydrogen) atoms. The fraction of sp³-hybridized carbons (Fsp3) is 0.250. The minimum absolute atomic E-state index is 0.00223. The lowest BCUT2D eigenvalue weighted by molar-refractivity contribution is 0.145. The monoisotopic (exact) mass is 473 g/mol. The highest BCUT2D eigenvalue weighted by Crippen LogP contribution is 2.31. The number of hydrogen-bond acceptors (Lipinski definition) is 9. The SMILES string of the molecule is C[C@H](Nc1nc(N)nc(C(F)F)c1C#N)c1nc2cccc(C(F)F)c2c(=O)n1C1C=CN=N1. The van der Waals surface area contributed by atoms with Gasteiger partial charge in [-0.05, 0) is 19.1 Å². The summed E-state index contributed by atoms with van der Waals surface area (Å²) >= 11 is 0. The van der Waals surface area contributed by atoms with Gasteiger partial charge in [0.15, 0.2) is 12.0 Å². The van der Waals surface area contributed by atoms with Crippen LogP contribution in [0.3, 0.4) is 0 Å². The van der Waals surface area contributed by atoms with E-state index in [-0.39, 0.29) is 22.5 Å². The second-order valence-corrected chi connectivity index (χ2v) is 7.14. The number of nitriles is 1. The Morgan fingerprint density at radius 1 is 1.18 bits per heavy atom. The summed E-state index contributed by atoms with van der Waals surface area (Å²) in [4.78, 5) is 25.0. The molecule has 10 nitrogen and oxygen atoms in total. The van der Waals surface area contributed by atoms with Crippen LogP contribution in [0.25, 0.3) is 10.9 Å². The number of aromatic nitrogens is 4. The first-order valence-corrected chi connectivity index (χ1v) is 9.75. The minimum atomic E-state index is -3.09. The summed E-state index contributed by atoms with van der Waals surface area (Å²) in [5.41, 5.74) is 2.84. The maximum Gasteiger partial charge on any atom is 0.281 e. The Morgan fingerprint density at radius 3 is 2.56 bits per heavy atom. The molecule has 1 aromatic carbocycles. The highest BCUT2D eigenvalue weighted by Gasteiger charge is 2.27. The minimum Gasteiger partial charge on any atom is -0.368 e. The highest BCUT2D eigenvalue weighted by molar-refractivity contribution is 5.81. The molecule has 3 N–H and O–H groups in total. The van der Waals surface area contributed by atoms with E-state index in [4.69, 9.17) is 5.73 Å². The first-order chi connectivity index (χ1) is 16.2. The number of anilines is 2. The van der Waals surface area contributed by atoms with E-state index in [1.54, 1.807) is 6.07 Å². The van der Waals surface area contributed by atoms with Gasteiger partial charge in [-0.15, -0.1) is 0 Å². The van der Waals surface area contributed by atoms with Gasteiger partial charge in [0.1, 0.15) is 23.2 Å². The number of nitrogens with zero attached hydrogens (tertiary/aromatic N) is 7. The van der Waals surface area contributed by atoms with E-state index in [0.29, 0.717) is 0 Å². The molecular weight excluding hydrogens is 458 g/mol. The van der Waals surface area contributed by atoms with Gasteiger partial charge in [0.2, 0.25) is 5.95 Å². The molecule has 4 rings (SSSR count). The van der Waals surface area contributed by atoms with Gasteiger partial charge in [-0.3, -0.25) is 9.36 Å². The van der Waals surface area contributed by atoms with Crippen LogP contribution in [-0.4, -0.2) is 19.5 Å². The maximum atomic E-state index is 13.6. The summed E-state index contributed by atoms with van der Waals surface area (Å²) < 4.78 is 55.0. The van der Waals surface area contributed by atoms with Crippen LogP contribution >= 0.6 is 0 Å². The summed E-state index contributed by atoms with van der Waals surface area (Å²) in [6.45, 7) is 1.51.